The number of allylic oxidation sites excluding steroid dienone is 1. The van der Waals surface area contributed by atoms with Crippen LogP contribution in [0.25, 0.3) is 6.08 Å². The maximum absolute atomic E-state index is 10.7. The number of carboxylic acid groups (broad SMARTS) is 1. The van der Waals surface area contributed by atoms with Crippen molar-refractivity contribution < 1.29 is 14.6 Å². The highest BCUT2D eigenvalue weighted by atomic mass is 16.5. The Hall–Kier alpha value is -1.77. The molecule has 86 valence electrons. The van der Waals surface area contributed by atoms with Crippen LogP contribution < -0.4 is 4.74 Å². The summed E-state index contributed by atoms with van der Waals surface area (Å²) in [5.41, 5.74) is 2.70. The highest BCUT2D eigenvalue weighted by Crippen LogP contribution is 2.25. The van der Waals surface area contributed by atoms with Crippen molar-refractivity contribution in [2.24, 2.45) is 0 Å². The smallest absolute Gasteiger partial charge is 0.307 e. The zero-order valence-electron chi connectivity index (χ0n) is 9.78. The number of carbonyl (C=O) groups is 1. The molecule has 3 heteroatoms. The zero-order chi connectivity index (χ0) is 12.1. The minimum absolute atomic E-state index is 0.00880. The van der Waals surface area contributed by atoms with Gasteiger partial charge in [0.1, 0.15) is 5.75 Å². The first-order valence-electron chi connectivity index (χ1n) is 5.10. The summed E-state index contributed by atoms with van der Waals surface area (Å²) < 4.78 is 5.22. The molecule has 0 bridgehead atoms. The first-order chi connectivity index (χ1) is 7.58. The average Bonchev–Trinajstić information content (AvgIpc) is 2.21. The molecule has 1 aromatic rings. The lowest BCUT2D eigenvalue weighted by Gasteiger charge is -2.11. The second-order valence-electron chi connectivity index (χ2n) is 3.59. The number of aliphatic carboxylic acids is 1. The van der Waals surface area contributed by atoms with Crippen molar-refractivity contribution in [2.75, 3.05) is 7.11 Å². The Kier molecular flexibility index (Phi) is 4.11. The Balaban J connectivity index is 3.22. The van der Waals surface area contributed by atoms with Crippen molar-refractivity contribution in [2.45, 2.75) is 20.3 Å². The molecule has 0 spiro atoms. The molecule has 0 atom stereocenters. The zero-order valence-corrected chi connectivity index (χ0v) is 9.78. The predicted octanol–water partition coefficient (Wildman–Crippen LogP) is 2.66. The van der Waals surface area contributed by atoms with E-state index in [1.54, 1.807) is 7.11 Å². The summed E-state index contributed by atoms with van der Waals surface area (Å²) in [4.78, 5) is 10.7. The quantitative estimate of drug-likeness (QED) is 0.848. The van der Waals surface area contributed by atoms with Crippen LogP contribution >= 0.6 is 0 Å². The number of benzene rings is 1. The second-order valence-corrected chi connectivity index (χ2v) is 3.59. The fourth-order valence-corrected chi connectivity index (χ4v) is 1.66. The molecule has 1 aromatic carbocycles. The Bertz CT molecular complexity index is 419. The van der Waals surface area contributed by atoms with Gasteiger partial charge in [0.2, 0.25) is 0 Å². The Morgan fingerprint density at radius 3 is 2.69 bits per heavy atom. The number of methoxy groups -OCH3 is 1. The van der Waals surface area contributed by atoms with E-state index in [4.69, 9.17) is 9.84 Å². The molecule has 1 N–H and O–H groups in total. The molecule has 1 rings (SSSR count). The van der Waals surface area contributed by atoms with Crippen molar-refractivity contribution in [3.8, 4) is 5.75 Å². The number of ether oxygens (including phenoxy) is 1. The Morgan fingerprint density at radius 2 is 2.19 bits per heavy atom. The van der Waals surface area contributed by atoms with Crippen LogP contribution in [0.3, 0.4) is 0 Å². The van der Waals surface area contributed by atoms with Gasteiger partial charge in [-0.3, -0.25) is 4.79 Å². The van der Waals surface area contributed by atoms with Crippen LogP contribution in [0.15, 0.2) is 18.2 Å². The normalized spacial score (nSPS) is 10.7. The highest BCUT2D eigenvalue weighted by molar-refractivity contribution is 5.73. The number of hydrogen-bond acceptors (Lipinski definition) is 2. The van der Waals surface area contributed by atoms with Crippen LogP contribution in [0.1, 0.15) is 23.6 Å². The van der Waals surface area contributed by atoms with Gasteiger partial charge in [0.15, 0.2) is 0 Å². The fourth-order valence-electron chi connectivity index (χ4n) is 1.66. The molecule has 0 fully saturated rings. The van der Waals surface area contributed by atoms with Crippen LogP contribution in [0.2, 0.25) is 0 Å². The van der Waals surface area contributed by atoms with Gasteiger partial charge in [-0.15, -0.1) is 0 Å². The molecule has 0 saturated heterocycles. The lowest BCUT2D eigenvalue weighted by atomic mass is 10.0. The van der Waals surface area contributed by atoms with Crippen LogP contribution in [-0.4, -0.2) is 18.2 Å². The van der Waals surface area contributed by atoms with Gasteiger partial charge in [-0.05, 0) is 31.0 Å². The Morgan fingerprint density at radius 1 is 1.50 bits per heavy atom. The third-order valence-corrected chi connectivity index (χ3v) is 2.36. The first kappa shape index (κ1) is 12.3. The van der Waals surface area contributed by atoms with Gasteiger partial charge in [-0.25, -0.2) is 0 Å². The second kappa shape index (κ2) is 5.35. The molecule has 0 aliphatic carbocycles. The highest BCUT2D eigenvalue weighted by Gasteiger charge is 2.11. The molecular formula is C13H16O3. The van der Waals surface area contributed by atoms with E-state index in [2.05, 4.69) is 0 Å². The van der Waals surface area contributed by atoms with Crippen LogP contribution in [-0.2, 0) is 11.2 Å². The van der Waals surface area contributed by atoms with Crippen molar-refractivity contribution in [1.29, 1.82) is 0 Å². The van der Waals surface area contributed by atoms with Crippen molar-refractivity contribution >= 4 is 12.0 Å². The molecule has 0 amide bonds. The summed E-state index contributed by atoms with van der Waals surface area (Å²) >= 11 is 0. The largest absolute Gasteiger partial charge is 0.496 e. The molecular weight excluding hydrogens is 204 g/mol. The monoisotopic (exact) mass is 220 g/mol. The predicted molar refractivity (Wildman–Crippen MR) is 63.8 cm³/mol. The third-order valence-electron chi connectivity index (χ3n) is 2.36. The van der Waals surface area contributed by atoms with Crippen LogP contribution in [0.4, 0.5) is 0 Å². The van der Waals surface area contributed by atoms with E-state index < -0.39 is 5.97 Å². The number of carboxylic acids is 1. The summed E-state index contributed by atoms with van der Waals surface area (Å²) in [6.07, 6.45) is 3.89. The summed E-state index contributed by atoms with van der Waals surface area (Å²) in [7, 11) is 1.56. The number of hydrogen-bond donors (Lipinski definition) is 1. The minimum Gasteiger partial charge on any atom is -0.496 e. The topological polar surface area (TPSA) is 46.5 Å². The van der Waals surface area contributed by atoms with Gasteiger partial charge in [-0.1, -0.05) is 18.2 Å². The molecule has 0 radical (unpaired) electrons. The van der Waals surface area contributed by atoms with Gasteiger partial charge in [-0.2, -0.15) is 0 Å². The van der Waals surface area contributed by atoms with Gasteiger partial charge >= 0.3 is 5.97 Å². The van der Waals surface area contributed by atoms with Gasteiger partial charge in [0, 0.05) is 5.56 Å². The van der Waals surface area contributed by atoms with Gasteiger partial charge in [0.05, 0.1) is 13.5 Å². The summed E-state index contributed by atoms with van der Waals surface area (Å²) in [5.74, 6) is -0.212. The van der Waals surface area contributed by atoms with E-state index in [9.17, 15) is 4.79 Å². The standard InChI is InChI=1S/C13H16O3/c1-4-5-10-6-9(2)11(8-13(14)15)12(7-10)16-3/h4-7H,8H2,1-3H3,(H,14,15)/b5-4+. The molecule has 0 saturated carbocycles. The molecule has 0 unspecified atom stereocenters. The first-order valence-corrected chi connectivity index (χ1v) is 5.10. The van der Waals surface area contributed by atoms with E-state index >= 15 is 0 Å². The number of rotatable bonds is 4. The molecule has 3 nitrogen and oxygen atoms in total. The lowest BCUT2D eigenvalue weighted by molar-refractivity contribution is -0.136. The van der Waals surface area contributed by atoms with Crippen molar-refractivity contribution in [1.82, 2.24) is 0 Å². The molecule has 0 aromatic heterocycles. The van der Waals surface area contributed by atoms with E-state index in [0.717, 1.165) is 16.7 Å². The Labute approximate surface area is 95.4 Å². The molecule has 0 aliphatic heterocycles. The molecule has 0 aliphatic rings. The van der Waals surface area contributed by atoms with E-state index in [1.165, 1.54) is 0 Å². The maximum atomic E-state index is 10.7. The third kappa shape index (κ3) is 2.86. The summed E-state index contributed by atoms with van der Waals surface area (Å²) in [6.45, 7) is 3.83. The van der Waals surface area contributed by atoms with Crippen LogP contribution in [0, 0.1) is 6.92 Å². The minimum atomic E-state index is -0.847. The van der Waals surface area contributed by atoms with Crippen molar-refractivity contribution in [3.05, 3.63) is 34.9 Å². The van der Waals surface area contributed by atoms with Gasteiger partial charge in [0.25, 0.3) is 0 Å². The maximum Gasteiger partial charge on any atom is 0.307 e. The molecule has 0 heterocycles. The summed E-state index contributed by atoms with van der Waals surface area (Å²) in [6, 6.07) is 3.81. The van der Waals surface area contributed by atoms with Crippen LogP contribution in [0.5, 0.6) is 5.75 Å². The average molecular weight is 220 g/mol. The summed E-state index contributed by atoms with van der Waals surface area (Å²) in [5, 5.41) is 8.81. The SMILES string of the molecule is C/C=C/c1cc(C)c(CC(=O)O)c(OC)c1. The van der Waals surface area contributed by atoms with E-state index in [0.29, 0.717) is 5.75 Å². The number of aryl methyl sites for hydroxylation is 1. The lowest BCUT2D eigenvalue weighted by Crippen LogP contribution is -2.04. The molecule has 16 heavy (non-hydrogen) atoms. The fraction of sp³-hybridized carbons (Fsp3) is 0.308. The van der Waals surface area contributed by atoms with Gasteiger partial charge < -0.3 is 9.84 Å². The van der Waals surface area contributed by atoms with E-state index in [1.807, 2.05) is 38.1 Å². The van der Waals surface area contributed by atoms with E-state index in [-0.39, 0.29) is 6.42 Å². The van der Waals surface area contributed by atoms with Crippen molar-refractivity contribution in [3.63, 3.8) is 0 Å².